The predicted octanol–water partition coefficient (Wildman–Crippen LogP) is 3.37. The molecule has 0 bridgehead atoms. The third kappa shape index (κ3) is 2.30. The Kier molecular flexibility index (Phi) is 3.82. The van der Waals surface area contributed by atoms with Gasteiger partial charge in [0.2, 0.25) is 0 Å². The summed E-state index contributed by atoms with van der Waals surface area (Å²) in [6.07, 6.45) is 0. The van der Waals surface area contributed by atoms with Crippen LogP contribution in [0.15, 0.2) is 36.4 Å². The fraction of sp³-hybridized carbons (Fsp3) is 0.267. The summed E-state index contributed by atoms with van der Waals surface area (Å²) < 4.78 is 10.6. The van der Waals surface area contributed by atoms with Crippen molar-refractivity contribution >= 4 is 5.97 Å². The number of hydrogen-bond acceptors (Lipinski definition) is 3. The minimum Gasteiger partial charge on any atom is -0.493 e. The standard InChI is InChI=1S/C15H16O3/c1-3-17-13-10-11-8-6-5-7-9-12(11)14(13)15(16)18-4-2/h5-10H,3-4H2,1-2H3. The molecule has 0 radical (unpaired) electrons. The van der Waals surface area contributed by atoms with Crippen molar-refractivity contribution in [1.29, 1.82) is 0 Å². The number of esters is 1. The molecule has 2 aliphatic carbocycles. The van der Waals surface area contributed by atoms with Crippen molar-refractivity contribution in [3.8, 4) is 16.9 Å². The third-order valence-electron chi connectivity index (χ3n) is 2.65. The molecule has 3 nitrogen and oxygen atoms in total. The molecular weight excluding hydrogens is 228 g/mol. The lowest BCUT2D eigenvalue weighted by Crippen LogP contribution is -2.06. The fourth-order valence-electron chi connectivity index (χ4n) is 1.94. The van der Waals surface area contributed by atoms with Crippen molar-refractivity contribution in [2.24, 2.45) is 0 Å². The Morgan fingerprint density at radius 3 is 2.61 bits per heavy atom. The van der Waals surface area contributed by atoms with Gasteiger partial charge in [-0.15, -0.1) is 0 Å². The lowest BCUT2D eigenvalue weighted by molar-refractivity contribution is 0.0523. The van der Waals surface area contributed by atoms with E-state index in [0.717, 1.165) is 11.1 Å². The number of carbonyl (C=O) groups excluding carboxylic acids is 1. The molecule has 0 heterocycles. The van der Waals surface area contributed by atoms with Gasteiger partial charge in [-0.1, -0.05) is 30.3 Å². The van der Waals surface area contributed by atoms with E-state index in [4.69, 9.17) is 9.47 Å². The highest BCUT2D eigenvalue weighted by molar-refractivity contribution is 6.02. The molecule has 0 aliphatic heterocycles. The highest BCUT2D eigenvalue weighted by Crippen LogP contribution is 2.36. The van der Waals surface area contributed by atoms with Crippen LogP contribution in [0.3, 0.4) is 0 Å². The van der Waals surface area contributed by atoms with Gasteiger partial charge in [-0.05, 0) is 25.5 Å². The van der Waals surface area contributed by atoms with Gasteiger partial charge in [0.15, 0.2) is 0 Å². The van der Waals surface area contributed by atoms with Crippen LogP contribution in [0.1, 0.15) is 24.2 Å². The fourth-order valence-corrected chi connectivity index (χ4v) is 1.94. The Morgan fingerprint density at radius 2 is 1.89 bits per heavy atom. The van der Waals surface area contributed by atoms with E-state index in [-0.39, 0.29) is 5.97 Å². The highest BCUT2D eigenvalue weighted by atomic mass is 16.5. The summed E-state index contributed by atoms with van der Waals surface area (Å²) in [6, 6.07) is 11.5. The first kappa shape index (κ1) is 12.4. The van der Waals surface area contributed by atoms with Gasteiger partial charge < -0.3 is 9.47 Å². The summed E-state index contributed by atoms with van der Waals surface area (Å²) in [5.74, 6) is 0.263. The molecule has 0 atom stereocenters. The van der Waals surface area contributed by atoms with Gasteiger partial charge in [0.25, 0.3) is 0 Å². The summed E-state index contributed by atoms with van der Waals surface area (Å²) in [4.78, 5) is 12.0. The van der Waals surface area contributed by atoms with Crippen molar-refractivity contribution in [3.63, 3.8) is 0 Å². The summed E-state index contributed by atoms with van der Waals surface area (Å²) >= 11 is 0. The number of rotatable bonds is 4. The molecule has 0 aromatic carbocycles. The van der Waals surface area contributed by atoms with Crippen LogP contribution in [0.25, 0.3) is 11.1 Å². The second-order valence-corrected chi connectivity index (χ2v) is 3.82. The molecule has 0 fully saturated rings. The lowest BCUT2D eigenvalue weighted by Gasteiger charge is -2.06. The van der Waals surface area contributed by atoms with Gasteiger partial charge >= 0.3 is 5.97 Å². The first-order chi connectivity index (χ1) is 8.77. The van der Waals surface area contributed by atoms with Crippen LogP contribution in [-0.2, 0) is 4.74 Å². The van der Waals surface area contributed by atoms with Crippen molar-refractivity contribution in [1.82, 2.24) is 0 Å². The topological polar surface area (TPSA) is 35.5 Å². The Labute approximate surface area is 107 Å². The monoisotopic (exact) mass is 244 g/mol. The molecule has 2 rings (SSSR count). The van der Waals surface area contributed by atoms with Gasteiger partial charge in [-0.2, -0.15) is 0 Å². The van der Waals surface area contributed by atoms with Crippen LogP contribution in [0.4, 0.5) is 0 Å². The maximum absolute atomic E-state index is 12.0. The Morgan fingerprint density at radius 1 is 1.11 bits per heavy atom. The zero-order valence-electron chi connectivity index (χ0n) is 10.6. The highest BCUT2D eigenvalue weighted by Gasteiger charge is 2.23. The van der Waals surface area contributed by atoms with E-state index < -0.39 is 0 Å². The first-order valence-corrected chi connectivity index (χ1v) is 6.09. The van der Waals surface area contributed by atoms with E-state index in [0.29, 0.717) is 24.5 Å². The van der Waals surface area contributed by atoms with E-state index in [2.05, 4.69) is 0 Å². The van der Waals surface area contributed by atoms with Crippen molar-refractivity contribution in [3.05, 3.63) is 42.0 Å². The predicted molar refractivity (Wildman–Crippen MR) is 70.2 cm³/mol. The summed E-state index contributed by atoms with van der Waals surface area (Å²) in [6.45, 7) is 4.57. The van der Waals surface area contributed by atoms with Crippen molar-refractivity contribution in [2.75, 3.05) is 13.2 Å². The minimum atomic E-state index is -0.331. The van der Waals surface area contributed by atoms with Gasteiger partial charge in [0.1, 0.15) is 11.3 Å². The van der Waals surface area contributed by atoms with Crippen LogP contribution in [0.5, 0.6) is 5.75 Å². The summed E-state index contributed by atoms with van der Waals surface area (Å²) in [7, 11) is 0. The van der Waals surface area contributed by atoms with E-state index >= 15 is 0 Å². The van der Waals surface area contributed by atoms with Crippen LogP contribution < -0.4 is 4.74 Å². The van der Waals surface area contributed by atoms with Gasteiger partial charge in [0.05, 0.1) is 13.2 Å². The largest absolute Gasteiger partial charge is 0.493 e. The van der Waals surface area contributed by atoms with Crippen LogP contribution in [-0.4, -0.2) is 19.2 Å². The molecule has 0 N–H and O–H groups in total. The first-order valence-electron chi connectivity index (χ1n) is 6.09. The second kappa shape index (κ2) is 5.54. The van der Waals surface area contributed by atoms with Crippen LogP contribution in [0, 0.1) is 0 Å². The van der Waals surface area contributed by atoms with Crippen molar-refractivity contribution in [2.45, 2.75) is 13.8 Å². The molecule has 0 spiro atoms. The third-order valence-corrected chi connectivity index (χ3v) is 2.65. The molecule has 18 heavy (non-hydrogen) atoms. The number of ether oxygens (including phenoxy) is 2. The molecule has 0 saturated carbocycles. The average Bonchev–Trinajstić information content (AvgIpc) is 2.53. The van der Waals surface area contributed by atoms with E-state index in [1.807, 2.05) is 43.3 Å². The zero-order valence-corrected chi connectivity index (χ0v) is 10.6. The maximum Gasteiger partial charge on any atom is 0.342 e. The molecular formula is C15H16O3. The number of fused-ring (bicyclic) bond motifs is 1. The van der Waals surface area contributed by atoms with E-state index in [9.17, 15) is 4.79 Å². The molecule has 2 aliphatic rings. The van der Waals surface area contributed by atoms with E-state index in [1.165, 1.54) is 0 Å². The average molecular weight is 244 g/mol. The minimum absolute atomic E-state index is 0.331. The molecule has 0 aromatic heterocycles. The molecule has 0 saturated heterocycles. The van der Waals surface area contributed by atoms with Crippen molar-refractivity contribution < 1.29 is 14.3 Å². The molecule has 3 heteroatoms. The van der Waals surface area contributed by atoms with Gasteiger partial charge in [0, 0.05) is 5.56 Å². The smallest absolute Gasteiger partial charge is 0.342 e. The normalized spacial score (nSPS) is 10.3. The molecule has 0 aromatic rings. The molecule has 0 unspecified atom stereocenters. The SMILES string of the molecule is CCOC(=O)c1c(OCC)cc2cccccc1-2. The second-order valence-electron chi connectivity index (χ2n) is 3.82. The zero-order chi connectivity index (χ0) is 13.0. The molecule has 94 valence electrons. The summed E-state index contributed by atoms with van der Waals surface area (Å²) in [5, 5.41) is 0. The Balaban J connectivity index is 2.55. The summed E-state index contributed by atoms with van der Waals surface area (Å²) in [5.41, 5.74) is 2.36. The van der Waals surface area contributed by atoms with Gasteiger partial charge in [-0.3, -0.25) is 0 Å². The number of carbonyl (C=O) groups is 1. The quantitative estimate of drug-likeness (QED) is 0.773. The number of hydrogen-bond donors (Lipinski definition) is 0. The van der Waals surface area contributed by atoms with Gasteiger partial charge in [-0.25, -0.2) is 4.79 Å². The van der Waals surface area contributed by atoms with Crippen LogP contribution >= 0.6 is 0 Å². The van der Waals surface area contributed by atoms with Crippen LogP contribution in [0.2, 0.25) is 0 Å². The Bertz CT molecular complexity index is 519. The Hall–Kier alpha value is -2.03. The molecule has 0 amide bonds. The van der Waals surface area contributed by atoms with E-state index in [1.54, 1.807) is 6.92 Å². The lowest BCUT2D eigenvalue weighted by atomic mass is 10.1. The maximum atomic E-state index is 12.0.